The van der Waals surface area contributed by atoms with Crippen molar-refractivity contribution in [3.63, 3.8) is 0 Å². The summed E-state index contributed by atoms with van der Waals surface area (Å²) in [5.74, 6) is 0.512. The van der Waals surface area contributed by atoms with Gasteiger partial charge in [0.15, 0.2) is 5.15 Å². The van der Waals surface area contributed by atoms with Gasteiger partial charge in [-0.3, -0.25) is 4.98 Å². The minimum atomic E-state index is 0.216. The summed E-state index contributed by atoms with van der Waals surface area (Å²) < 4.78 is 5.63. The van der Waals surface area contributed by atoms with Gasteiger partial charge in [0.25, 0.3) is 0 Å². The largest absolute Gasteiger partial charge is 0.472 e. The molecule has 0 bridgehead atoms. The maximum Gasteiger partial charge on any atom is 0.234 e. The molecule has 0 aliphatic carbocycles. The third-order valence-electron chi connectivity index (χ3n) is 2.22. The summed E-state index contributed by atoms with van der Waals surface area (Å²) in [5, 5.41) is 0.369. The van der Waals surface area contributed by atoms with Gasteiger partial charge in [0, 0.05) is 13.1 Å². The second kappa shape index (κ2) is 4.11. The van der Waals surface area contributed by atoms with Crippen LogP contribution in [0.1, 0.15) is 6.42 Å². The summed E-state index contributed by atoms with van der Waals surface area (Å²) in [6.45, 7) is 2.01. The van der Waals surface area contributed by atoms with E-state index in [4.69, 9.17) is 16.3 Å². The molecule has 1 aliphatic heterocycles. The van der Waals surface area contributed by atoms with Crippen LogP contribution in [0.25, 0.3) is 0 Å². The minimum absolute atomic E-state index is 0.216. The molecule has 2 heterocycles. The van der Waals surface area contributed by atoms with Crippen LogP contribution in [0, 0.1) is 0 Å². The van der Waals surface area contributed by atoms with Crippen LogP contribution in [0.3, 0.4) is 0 Å². The number of hydrogen-bond acceptors (Lipinski definition) is 4. The maximum atomic E-state index is 5.69. The number of likely N-dealkylation sites (tertiary alicyclic amines) is 1. The Kier molecular flexibility index (Phi) is 2.84. The quantitative estimate of drug-likeness (QED) is 0.741. The predicted octanol–water partition coefficient (Wildman–Crippen LogP) is 1.21. The zero-order chi connectivity index (χ0) is 9.97. The highest BCUT2D eigenvalue weighted by atomic mass is 35.5. The highest BCUT2D eigenvalue weighted by Gasteiger charge is 2.21. The molecular formula is C9H12ClN3O. The first-order chi connectivity index (χ1) is 6.74. The van der Waals surface area contributed by atoms with Gasteiger partial charge in [0.2, 0.25) is 5.88 Å². The summed E-state index contributed by atoms with van der Waals surface area (Å²) in [7, 11) is 2.08. The monoisotopic (exact) mass is 213 g/mol. The SMILES string of the molecule is CN1CCC(Oc2cncc(Cl)n2)C1. The Bertz CT molecular complexity index is 321. The molecule has 1 unspecified atom stereocenters. The van der Waals surface area contributed by atoms with Crippen molar-refractivity contribution < 1.29 is 4.74 Å². The molecule has 0 saturated carbocycles. The second-order valence-corrected chi connectivity index (χ2v) is 3.86. The summed E-state index contributed by atoms with van der Waals surface area (Å²) >= 11 is 5.69. The number of rotatable bonds is 2. The van der Waals surface area contributed by atoms with Crippen LogP contribution in [0.15, 0.2) is 12.4 Å². The molecule has 2 rings (SSSR count). The lowest BCUT2D eigenvalue weighted by atomic mass is 10.3. The molecule has 1 aromatic heterocycles. The van der Waals surface area contributed by atoms with Crippen LogP contribution >= 0.6 is 11.6 Å². The predicted molar refractivity (Wildman–Crippen MR) is 53.6 cm³/mol. The van der Waals surface area contributed by atoms with E-state index in [0.717, 1.165) is 19.5 Å². The van der Waals surface area contributed by atoms with Crippen molar-refractivity contribution >= 4 is 11.6 Å². The fourth-order valence-electron chi connectivity index (χ4n) is 1.54. The van der Waals surface area contributed by atoms with E-state index in [1.54, 1.807) is 6.20 Å². The standard InChI is InChI=1S/C9H12ClN3O/c1-13-3-2-7(6-13)14-9-5-11-4-8(10)12-9/h4-5,7H,2-3,6H2,1H3. The Morgan fingerprint density at radius 2 is 2.43 bits per heavy atom. The molecule has 1 fully saturated rings. The molecule has 5 heteroatoms. The van der Waals surface area contributed by atoms with E-state index < -0.39 is 0 Å². The van der Waals surface area contributed by atoms with Gasteiger partial charge in [-0.05, 0) is 13.5 Å². The van der Waals surface area contributed by atoms with Crippen molar-refractivity contribution in [2.24, 2.45) is 0 Å². The molecule has 76 valence electrons. The molecule has 0 N–H and O–H groups in total. The fraction of sp³-hybridized carbons (Fsp3) is 0.556. The summed E-state index contributed by atoms with van der Waals surface area (Å²) in [5.41, 5.74) is 0. The normalized spacial score (nSPS) is 22.6. The zero-order valence-electron chi connectivity index (χ0n) is 7.98. The van der Waals surface area contributed by atoms with Crippen LogP contribution in [0.4, 0.5) is 0 Å². The van der Waals surface area contributed by atoms with Gasteiger partial charge < -0.3 is 9.64 Å². The van der Waals surface area contributed by atoms with Gasteiger partial charge in [-0.2, -0.15) is 4.98 Å². The molecule has 14 heavy (non-hydrogen) atoms. The van der Waals surface area contributed by atoms with E-state index in [-0.39, 0.29) is 6.10 Å². The van der Waals surface area contributed by atoms with Crippen LogP contribution in [-0.4, -0.2) is 41.1 Å². The first kappa shape index (κ1) is 9.68. The number of halogens is 1. The lowest BCUT2D eigenvalue weighted by Crippen LogP contribution is -2.21. The Balaban J connectivity index is 1.97. The van der Waals surface area contributed by atoms with Gasteiger partial charge in [-0.15, -0.1) is 0 Å². The zero-order valence-corrected chi connectivity index (χ0v) is 8.74. The fourth-order valence-corrected chi connectivity index (χ4v) is 1.68. The first-order valence-corrected chi connectivity index (χ1v) is 4.94. The lowest BCUT2D eigenvalue weighted by molar-refractivity contribution is 0.199. The minimum Gasteiger partial charge on any atom is -0.472 e. The topological polar surface area (TPSA) is 38.2 Å². The smallest absolute Gasteiger partial charge is 0.234 e. The van der Waals surface area contributed by atoms with E-state index in [1.807, 2.05) is 0 Å². The molecule has 0 aromatic carbocycles. The Labute approximate surface area is 87.9 Å². The third-order valence-corrected chi connectivity index (χ3v) is 2.40. The average molecular weight is 214 g/mol. The van der Waals surface area contributed by atoms with Crippen molar-refractivity contribution in [2.45, 2.75) is 12.5 Å². The summed E-state index contributed by atoms with van der Waals surface area (Å²) in [4.78, 5) is 10.2. The summed E-state index contributed by atoms with van der Waals surface area (Å²) in [6.07, 6.45) is 4.33. The van der Waals surface area contributed by atoms with Crippen LogP contribution in [0.2, 0.25) is 5.15 Å². The van der Waals surface area contributed by atoms with Crippen LogP contribution in [0.5, 0.6) is 5.88 Å². The van der Waals surface area contributed by atoms with Crippen molar-refractivity contribution in [1.29, 1.82) is 0 Å². The van der Waals surface area contributed by atoms with Gasteiger partial charge in [0.05, 0.1) is 12.4 Å². The van der Waals surface area contributed by atoms with Gasteiger partial charge >= 0.3 is 0 Å². The highest BCUT2D eigenvalue weighted by molar-refractivity contribution is 6.29. The maximum absolute atomic E-state index is 5.69. The van der Waals surface area contributed by atoms with E-state index in [2.05, 4.69) is 21.9 Å². The molecule has 1 saturated heterocycles. The van der Waals surface area contributed by atoms with E-state index >= 15 is 0 Å². The highest BCUT2D eigenvalue weighted by Crippen LogP contribution is 2.15. The van der Waals surface area contributed by atoms with E-state index in [1.165, 1.54) is 6.20 Å². The Morgan fingerprint density at radius 1 is 1.57 bits per heavy atom. The number of aromatic nitrogens is 2. The lowest BCUT2D eigenvalue weighted by Gasteiger charge is -2.12. The van der Waals surface area contributed by atoms with E-state index in [0.29, 0.717) is 11.0 Å². The van der Waals surface area contributed by atoms with Crippen LogP contribution in [-0.2, 0) is 0 Å². The van der Waals surface area contributed by atoms with Gasteiger partial charge in [-0.1, -0.05) is 11.6 Å². The Morgan fingerprint density at radius 3 is 3.07 bits per heavy atom. The molecule has 4 nitrogen and oxygen atoms in total. The first-order valence-electron chi connectivity index (χ1n) is 4.57. The molecule has 0 radical (unpaired) electrons. The molecular weight excluding hydrogens is 202 g/mol. The average Bonchev–Trinajstić information content (AvgIpc) is 2.51. The molecule has 0 amide bonds. The summed E-state index contributed by atoms with van der Waals surface area (Å²) in [6, 6.07) is 0. The van der Waals surface area contributed by atoms with Gasteiger partial charge in [-0.25, -0.2) is 0 Å². The van der Waals surface area contributed by atoms with Crippen LogP contribution < -0.4 is 4.74 Å². The second-order valence-electron chi connectivity index (χ2n) is 3.47. The third kappa shape index (κ3) is 2.33. The van der Waals surface area contributed by atoms with Gasteiger partial charge in [0.1, 0.15) is 6.10 Å². The van der Waals surface area contributed by atoms with Crippen molar-refractivity contribution in [2.75, 3.05) is 20.1 Å². The molecule has 1 atom stereocenters. The number of nitrogens with zero attached hydrogens (tertiary/aromatic N) is 3. The number of ether oxygens (including phenoxy) is 1. The Hall–Kier alpha value is -0.870. The molecule has 1 aromatic rings. The number of hydrogen-bond donors (Lipinski definition) is 0. The van der Waals surface area contributed by atoms with Crippen molar-refractivity contribution in [3.05, 3.63) is 17.5 Å². The molecule has 1 aliphatic rings. The molecule has 0 spiro atoms. The number of likely N-dealkylation sites (N-methyl/N-ethyl adjacent to an activating group) is 1. The van der Waals surface area contributed by atoms with Crippen molar-refractivity contribution in [3.8, 4) is 5.88 Å². The van der Waals surface area contributed by atoms with E-state index in [9.17, 15) is 0 Å². The van der Waals surface area contributed by atoms with Crippen molar-refractivity contribution in [1.82, 2.24) is 14.9 Å².